The van der Waals surface area contributed by atoms with Gasteiger partial charge in [0.05, 0.1) is 0 Å². The van der Waals surface area contributed by atoms with E-state index in [2.05, 4.69) is 20.2 Å². The summed E-state index contributed by atoms with van der Waals surface area (Å²) in [6.45, 7) is 3.14. The van der Waals surface area contributed by atoms with Crippen LogP contribution in [-0.4, -0.2) is 44.1 Å². The Kier molecular flexibility index (Phi) is 3.47. The number of carbonyl (C=O) groups excluding carboxylic acids is 1. The van der Waals surface area contributed by atoms with E-state index >= 15 is 0 Å². The molecular weight excluding hydrogens is 270 g/mol. The van der Waals surface area contributed by atoms with Crippen LogP contribution < -0.4 is 5.56 Å². The fourth-order valence-corrected chi connectivity index (χ4v) is 2.45. The zero-order valence-electron chi connectivity index (χ0n) is 11.6. The summed E-state index contributed by atoms with van der Waals surface area (Å²) in [6.07, 6.45) is 2.57. The molecule has 3 heterocycles. The fourth-order valence-electron chi connectivity index (χ4n) is 2.45. The Labute approximate surface area is 121 Å². The SMILES string of the molecule is Cc1ccnc([C@@H]2CCN(C(=O)c3ccc(=O)[nH]n3)C2)n1. The van der Waals surface area contributed by atoms with Crippen LogP contribution in [0.25, 0.3) is 0 Å². The molecule has 0 aromatic carbocycles. The van der Waals surface area contributed by atoms with Gasteiger partial charge in [-0.1, -0.05) is 0 Å². The van der Waals surface area contributed by atoms with Crippen molar-refractivity contribution in [2.45, 2.75) is 19.3 Å². The van der Waals surface area contributed by atoms with Gasteiger partial charge in [-0.2, -0.15) is 5.10 Å². The Morgan fingerprint density at radius 1 is 1.38 bits per heavy atom. The van der Waals surface area contributed by atoms with Crippen LogP contribution in [0.1, 0.15) is 34.3 Å². The van der Waals surface area contributed by atoms with E-state index in [9.17, 15) is 9.59 Å². The first-order valence-electron chi connectivity index (χ1n) is 6.78. The average Bonchev–Trinajstić information content (AvgIpc) is 2.97. The van der Waals surface area contributed by atoms with Gasteiger partial charge in [0.25, 0.3) is 11.5 Å². The van der Waals surface area contributed by atoms with Crippen molar-refractivity contribution in [3.63, 3.8) is 0 Å². The smallest absolute Gasteiger partial charge is 0.274 e. The van der Waals surface area contributed by atoms with Gasteiger partial charge < -0.3 is 4.90 Å². The first-order valence-corrected chi connectivity index (χ1v) is 6.78. The molecule has 2 aromatic heterocycles. The molecule has 1 saturated heterocycles. The monoisotopic (exact) mass is 285 g/mol. The second-order valence-corrected chi connectivity index (χ2v) is 5.10. The molecule has 7 nitrogen and oxygen atoms in total. The lowest BCUT2D eigenvalue weighted by Crippen LogP contribution is -2.30. The normalized spacial score (nSPS) is 18.0. The molecule has 1 aliphatic heterocycles. The van der Waals surface area contributed by atoms with Crippen LogP contribution in [0.2, 0.25) is 0 Å². The molecule has 1 aliphatic rings. The minimum absolute atomic E-state index is 0.150. The Balaban J connectivity index is 1.73. The maximum absolute atomic E-state index is 12.3. The quantitative estimate of drug-likeness (QED) is 0.867. The van der Waals surface area contributed by atoms with Crippen molar-refractivity contribution in [1.29, 1.82) is 0 Å². The topological polar surface area (TPSA) is 91.8 Å². The fraction of sp³-hybridized carbons (Fsp3) is 0.357. The minimum Gasteiger partial charge on any atom is -0.336 e. The Morgan fingerprint density at radius 2 is 2.24 bits per heavy atom. The molecule has 0 bridgehead atoms. The summed E-state index contributed by atoms with van der Waals surface area (Å²) in [5.41, 5.74) is 0.853. The van der Waals surface area contributed by atoms with E-state index in [-0.39, 0.29) is 23.1 Å². The van der Waals surface area contributed by atoms with Crippen LogP contribution in [-0.2, 0) is 0 Å². The summed E-state index contributed by atoms with van der Waals surface area (Å²) >= 11 is 0. The highest BCUT2D eigenvalue weighted by atomic mass is 16.2. The van der Waals surface area contributed by atoms with Crippen LogP contribution in [0.5, 0.6) is 0 Å². The summed E-state index contributed by atoms with van der Waals surface area (Å²) in [7, 11) is 0. The van der Waals surface area contributed by atoms with Gasteiger partial charge in [-0.05, 0) is 25.5 Å². The molecule has 7 heteroatoms. The highest BCUT2D eigenvalue weighted by Gasteiger charge is 2.30. The van der Waals surface area contributed by atoms with E-state index < -0.39 is 0 Å². The lowest BCUT2D eigenvalue weighted by molar-refractivity contribution is 0.0783. The number of aromatic amines is 1. The van der Waals surface area contributed by atoms with Crippen molar-refractivity contribution in [1.82, 2.24) is 25.1 Å². The van der Waals surface area contributed by atoms with Gasteiger partial charge in [-0.15, -0.1) is 0 Å². The van der Waals surface area contributed by atoms with E-state index in [1.165, 1.54) is 12.1 Å². The van der Waals surface area contributed by atoms with Crippen molar-refractivity contribution in [3.05, 3.63) is 52.0 Å². The van der Waals surface area contributed by atoms with E-state index in [0.29, 0.717) is 13.1 Å². The summed E-state index contributed by atoms with van der Waals surface area (Å²) in [5, 5.41) is 6.05. The number of nitrogens with zero attached hydrogens (tertiary/aromatic N) is 4. The van der Waals surface area contributed by atoms with Crippen molar-refractivity contribution < 1.29 is 4.79 Å². The molecular formula is C14H15N5O2. The summed E-state index contributed by atoms with van der Waals surface area (Å²) in [4.78, 5) is 33.7. The van der Waals surface area contributed by atoms with Crippen molar-refractivity contribution in [2.75, 3.05) is 13.1 Å². The number of hydrogen-bond donors (Lipinski definition) is 1. The first kappa shape index (κ1) is 13.4. The highest BCUT2D eigenvalue weighted by Crippen LogP contribution is 2.25. The van der Waals surface area contributed by atoms with E-state index in [1.807, 2.05) is 13.0 Å². The largest absolute Gasteiger partial charge is 0.336 e. The van der Waals surface area contributed by atoms with Crippen LogP contribution >= 0.6 is 0 Å². The lowest BCUT2D eigenvalue weighted by Gasteiger charge is -2.15. The first-order chi connectivity index (χ1) is 10.1. The third-order valence-corrected chi connectivity index (χ3v) is 3.55. The molecule has 1 atom stereocenters. The maximum Gasteiger partial charge on any atom is 0.274 e. The number of rotatable bonds is 2. The molecule has 0 saturated carbocycles. The van der Waals surface area contributed by atoms with Gasteiger partial charge in [-0.25, -0.2) is 15.1 Å². The van der Waals surface area contributed by atoms with Gasteiger partial charge in [0.15, 0.2) is 0 Å². The molecule has 21 heavy (non-hydrogen) atoms. The van der Waals surface area contributed by atoms with Crippen LogP contribution in [0, 0.1) is 6.92 Å². The lowest BCUT2D eigenvalue weighted by atomic mass is 10.1. The number of amides is 1. The number of hydrogen-bond acceptors (Lipinski definition) is 5. The van der Waals surface area contributed by atoms with E-state index in [4.69, 9.17) is 0 Å². The zero-order valence-corrected chi connectivity index (χ0v) is 11.6. The molecule has 1 amide bonds. The number of H-pyrrole nitrogens is 1. The van der Waals surface area contributed by atoms with E-state index in [1.54, 1.807) is 11.1 Å². The molecule has 1 N–H and O–H groups in total. The molecule has 0 aliphatic carbocycles. The third-order valence-electron chi connectivity index (χ3n) is 3.55. The second-order valence-electron chi connectivity index (χ2n) is 5.10. The second kappa shape index (κ2) is 5.43. The molecule has 0 radical (unpaired) electrons. The van der Waals surface area contributed by atoms with Gasteiger partial charge >= 0.3 is 0 Å². The molecule has 0 spiro atoms. The van der Waals surface area contributed by atoms with Crippen molar-refractivity contribution >= 4 is 5.91 Å². The van der Waals surface area contributed by atoms with E-state index in [0.717, 1.165) is 17.9 Å². The standard InChI is InChI=1S/C14H15N5O2/c1-9-4-6-15-13(16-9)10-5-7-19(8-10)14(21)11-2-3-12(20)18-17-11/h2-4,6,10H,5,7-8H2,1H3,(H,18,20)/t10-/m1/s1. The van der Waals surface area contributed by atoms with Crippen molar-refractivity contribution in [2.24, 2.45) is 0 Å². The van der Waals surface area contributed by atoms with Crippen LogP contribution in [0.15, 0.2) is 29.2 Å². The van der Waals surface area contributed by atoms with Gasteiger partial charge in [-0.3, -0.25) is 9.59 Å². The molecule has 1 fully saturated rings. The average molecular weight is 285 g/mol. The molecule has 0 unspecified atom stereocenters. The molecule has 2 aromatic rings. The van der Waals surface area contributed by atoms with Gasteiger partial charge in [0, 0.05) is 37.0 Å². The van der Waals surface area contributed by atoms with Crippen LogP contribution in [0.3, 0.4) is 0 Å². The number of nitrogens with one attached hydrogen (secondary N) is 1. The summed E-state index contributed by atoms with van der Waals surface area (Å²) in [6, 6.07) is 4.60. The highest BCUT2D eigenvalue weighted by molar-refractivity contribution is 5.92. The van der Waals surface area contributed by atoms with Gasteiger partial charge in [0.2, 0.25) is 0 Å². The summed E-state index contributed by atoms with van der Waals surface area (Å²) in [5.74, 6) is 0.748. The predicted molar refractivity (Wildman–Crippen MR) is 74.9 cm³/mol. The number of aromatic nitrogens is 4. The third kappa shape index (κ3) is 2.81. The Hall–Kier alpha value is -2.57. The Morgan fingerprint density at radius 3 is 2.95 bits per heavy atom. The number of likely N-dealkylation sites (tertiary alicyclic amines) is 1. The number of aryl methyl sites for hydroxylation is 1. The van der Waals surface area contributed by atoms with Crippen molar-refractivity contribution in [3.8, 4) is 0 Å². The van der Waals surface area contributed by atoms with Crippen LogP contribution in [0.4, 0.5) is 0 Å². The zero-order chi connectivity index (χ0) is 14.8. The summed E-state index contributed by atoms with van der Waals surface area (Å²) < 4.78 is 0. The Bertz CT molecular complexity index is 707. The maximum atomic E-state index is 12.3. The van der Waals surface area contributed by atoms with Gasteiger partial charge in [0.1, 0.15) is 11.5 Å². The molecule has 108 valence electrons. The minimum atomic E-state index is -0.320. The molecule has 3 rings (SSSR count). The number of carbonyl (C=O) groups is 1. The predicted octanol–water partition coefficient (Wildman–Crippen LogP) is 0.498.